The molecule has 6 heteroatoms. The summed E-state index contributed by atoms with van der Waals surface area (Å²) in [6.45, 7) is 5.06. The van der Waals surface area contributed by atoms with E-state index in [4.69, 9.17) is 4.74 Å². The third-order valence-corrected chi connectivity index (χ3v) is 5.85. The molecule has 0 bridgehead atoms. The fraction of sp³-hybridized carbons (Fsp3) is 0.444. The van der Waals surface area contributed by atoms with Crippen LogP contribution >= 0.6 is 11.3 Å². The molecule has 1 fully saturated rings. The van der Waals surface area contributed by atoms with Gasteiger partial charge in [0.25, 0.3) is 0 Å². The highest BCUT2D eigenvalue weighted by Crippen LogP contribution is 2.24. The minimum Gasteiger partial charge on any atom is -0.465 e. The zero-order chi connectivity index (χ0) is 17.3. The van der Waals surface area contributed by atoms with Gasteiger partial charge in [-0.2, -0.15) is 0 Å². The van der Waals surface area contributed by atoms with Crippen LogP contribution in [0.1, 0.15) is 55.9 Å². The number of hydrogen-bond acceptors (Lipinski definition) is 4. The number of nitrogens with one attached hydrogen (secondary N) is 2. The van der Waals surface area contributed by atoms with Gasteiger partial charge in [-0.15, -0.1) is 11.3 Å². The second-order valence-corrected chi connectivity index (χ2v) is 7.31. The van der Waals surface area contributed by atoms with Crippen LogP contribution in [0.4, 0.5) is 0 Å². The smallest absolute Gasteiger partial charge is 0.339 e. The molecule has 0 spiro atoms. The van der Waals surface area contributed by atoms with Crippen molar-refractivity contribution >= 4 is 23.1 Å². The maximum atomic E-state index is 12.8. The lowest BCUT2D eigenvalue weighted by molar-refractivity contribution is -0.909. The molecule has 0 aliphatic carbocycles. The van der Waals surface area contributed by atoms with Crippen LogP contribution in [0, 0.1) is 13.8 Å². The Hall–Kier alpha value is -1.92. The molecule has 0 saturated carbocycles. The quantitative estimate of drug-likeness (QED) is 0.643. The van der Waals surface area contributed by atoms with Crippen LogP contribution in [0.3, 0.4) is 0 Å². The summed E-state index contributed by atoms with van der Waals surface area (Å²) in [6, 6.07) is 4.63. The van der Waals surface area contributed by atoms with Gasteiger partial charge in [0, 0.05) is 18.5 Å². The Morgan fingerprint density at radius 1 is 1.42 bits per heavy atom. The van der Waals surface area contributed by atoms with Gasteiger partial charge in [-0.25, -0.2) is 4.79 Å². The molecule has 128 valence electrons. The average Bonchev–Trinajstić information content (AvgIpc) is 3.27. The summed E-state index contributed by atoms with van der Waals surface area (Å²) in [6.07, 6.45) is 2.26. The van der Waals surface area contributed by atoms with E-state index in [9.17, 15) is 9.59 Å². The zero-order valence-corrected chi connectivity index (χ0v) is 15.1. The van der Waals surface area contributed by atoms with Gasteiger partial charge in [-0.05, 0) is 30.9 Å². The highest BCUT2D eigenvalue weighted by atomic mass is 32.1. The van der Waals surface area contributed by atoms with E-state index in [1.165, 1.54) is 16.9 Å². The number of carbonyl (C=O) groups is 2. The maximum absolute atomic E-state index is 12.8. The predicted molar refractivity (Wildman–Crippen MR) is 92.9 cm³/mol. The molecule has 5 nitrogen and oxygen atoms in total. The van der Waals surface area contributed by atoms with Crippen molar-refractivity contribution in [3.63, 3.8) is 0 Å². The highest BCUT2D eigenvalue weighted by Gasteiger charge is 2.33. The molecule has 1 aliphatic rings. The van der Waals surface area contributed by atoms with E-state index in [0.29, 0.717) is 35.1 Å². The van der Waals surface area contributed by atoms with E-state index in [-0.39, 0.29) is 5.78 Å². The topological polar surface area (TPSA) is 63.6 Å². The Morgan fingerprint density at radius 3 is 2.88 bits per heavy atom. The number of ether oxygens (including phenoxy) is 1. The number of likely N-dealkylation sites (tertiary alicyclic amines) is 1. The number of aromatic amines is 1. The number of aryl methyl sites for hydroxylation is 1. The zero-order valence-electron chi connectivity index (χ0n) is 14.3. The number of hydrogen-bond donors (Lipinski definition) is 2. The van der Waals surface area contributed by atoms with Gasteiger partial charge < -0.3 is 14.6 Å². The molecule has 0 aromatic carbocycles. The number of ketones is 1. The first-order valence-electron chi connectivity index (χ1n) is 8.21. The molecule has 1 aliphatic heterocycles. The molecule has 1 saturated heterocycles. The lowest BCUT2D eigenvalue weighted by Crippen LogP contribution is -3.11. The minimum absolute atomic E-state index is 0.0595. The normalized spacial score (nSPS) is 20.3. The van der Waals surface area contributed by atoms with Crippen molar-refractivity contribution in [2.24, 2.45) is 0 Å². The van der Waals surface area contributed by atoms with Crippen LogP contribution in [0.2, 0.25) is 0 Å². The van der Waals surface area contributed by atoms with Gasteiger partial charge in [-0.1, -0.05) is 6.07 Å². The van der Waals surface area contributed by atoms with E-state index in [2.05, 4.69) is 22.5 Å². The van der Waals surface area contributed by atoms with Crippen molar-refractivity contribution in [2.45, 2.75) is 32.7 Å². The van der Waals surface area contributed by atoms with Gasteiger partial charge in [0.15, 0.2) is 0 Å². The number of quaternary nitrogens is 1. The van der Waals surface area contributed by atoms with Gasteiger partial charge in [0.05, 0.1) is 29.8 Å². The molecule has 2 N–H and O–H groups in total. The summed E-state index contributed by atoms with van der Waals surface area (Å²) in [7, 11) is 1.36. The van der Waals surface area contributed by atoms with Gasteiger partial charge in [0.2, 0.25) is 5.78 Å². The number of carbonyl (C=O) groups excluding carboxylic acids is 2. The first-order chi connectivity index (χ1) is 11.5. The SMILES string of the molecule is COC(=O)c1c(C)[nH]c(C(=O)C[NH+]2CCC[C@H]2c2cccs2)c1C. The van der Waals surface area contributed by atoms with Crippen LogP contribution in [-0.2, 0) is 4.74 Å². The number of H-pyrrole nitrogens is 1. The summed E-state index contributed by atoms with van der Waals surface area (Å²) < 4.78 is 4.82. The molecular formula is C18H23N2O3S+. The molecule has 2 aromatic heterocycles. The largest absolute Gasteiger partial charge is 0.465 e. The summed E-state index contributed by atoms with van der Waals surface area (Å²) in [5.41, 5.74) is 2.40. The van der Waals surface area contributed by atoms with Crippen molar-refractivity contribution < 1.29 is 19.2 Å². The highest BCUT2D eigenvalue weighted by molar-refractivity contribution is 7.10. The molecule has 3 heterocycles. The van der Waals surface area contributed by atoms with Crippen molar-refractivity contribution in [1.82, 2.24) is 4.98 Å². The number of aromatic nitrogens is 1. The summed E-state index contributed by atoms with van der Waals surface area (Å²) in [4.78, 5) is 30.5. The van der Waals surface area contributed by atoms with Crippen LogP contribution in [0.15, 0.2) is 17.5 Å². The Kier molecular flexibility index (Phi) is 4.87. The van der Waals surface area contributed by atoms with E-state index in [1.54, 1.807) is 25.2 Å². The monoisotopic (exact) mass is 347 g/mol. The maximum Gasteiger partial charge on any atom is 0.339 e. The third-order valence-electron chi connectivity index (χ3n) is 4.86. The molecule has 0 radical (unpaired) electrons. The molecule has 3 rings (SSSR count). The lowest BCUT2D eigenvalue weighted by Gasteiger charge is -2.19. The lowest BCUT2D eigenvalue weighted by atomic mass is 10.1. The number of methoxy groups -OCH3 is 1. The van der Waals surface area contributed by atoms with Gasteiger partial charge in [-0.3, -0.25) is 4.79 Å². The predicted octanol–water partition coefficient (Wildman–Crippen LogP) is 2.08. The second kappa shape index (κ2) is 6.91. The van der Waals surface area contributed by atoms with Crippen LogP contribution in [-0.4, -0.2) is 36.9 Å². The first kappa shape index (κ1) is 16.9. The van der Waals surface area contributed by atoms with Crippen molar-refractivity contribution in [3.8, 4) is 0 Å². The Morgan fingerprint density at radius 2 is 2.21 bits per heavy atom. The minimum atomic E-state index is -0.398. The number of Topliss-reactive ketones (excluding diaryl/α,β-unsaturated/α-hetero) is 1. The van der Waals surface area contributed by atoms with Gasteiger partial charge >= 0.3 is 5.97 Å². The third kappa shape index (κ3) is 3.03. The number of rotatable bonds is 5. The summed E-state index contributed by atoms with van der Waals surface area (Å²) in [5.74, 6) is -0.338. The fourth-order valence-electron chi connectivity index (χ4n) is 3.69. The van der Waals surface area contributed by atoms with Crippen LogP contribution in [0.25, 0.3) is 0 Å². The van der Waals surface area contributed by atoms with Crippen molar-refractivity contribution in [3.05, 3.63) is 44.9 Å². The van der Waals surface area contributed by atoms with Gasteiger partial charge in [0.1, 0.15) is 12.6 Å². The van der Waals surface area contributed by atoms with Crippen molar-refractivity contribution in [2.75, 3.05) is 20.2 Å². The number of thiophene rings is 1. The second-order valence-electron chi connectivity index (χ2n) is 6.34. The van der Waals surface area contributed by atoms with E-state index >= 15 is 0 Å². The Balaban J connectivity index is 1.79. The van der Waals surface area contributed by atoms with E-state index in [1.807, 2.05) is 0 Å². The molecule has 2 aromatic rings. The fourth-order valence-corrected chi connectivity index (χ4v) is 4.61. The van der Waals surface area contributed by atoms with E-state index in [0.717, 1.165) is 19.4 Å². The van der Waals surface area contributed by atoms with Crippen molar-refractivity contribution in [1.29, 1.82) is 0 Å². The molecular weight excluding hydrogens is 324 g/mol. The molecule has 1 unspecified atom stereocenters. The standard InChI is InChI=1S/C18H22N2O3S/c1-11-16(18(22)23-3)12(2)19-17(11)14(21)10-20-8-4-6-13(20)15-7-5-9-24-15/h5,7,9,13,19H,4,6,8,10H2,1-3H3/p+1/t13-/m0/s1. The average molecular weight is 347 g/mol. The summed E-state index contributed by atoms with van der Waals surface area (Å²) >= 11 is 1.76. The number of esters is 1. The first-order valence-corrected chi connectivity index (χ1v) is 9.09. The molecule has 2 atom stereocenters. The Bertz CT molecular complexity index is 749. The van der Waals surface area contributed by atoms with E-state index < -0.39 is 5.97 Å². The molecule has 24 heavy (non-hydrogen) atoms. The Labute approximate surface area is 145 Å². The van der Waals surface area contributed by atoms with Crippen LogP contribution < -0.4 is 4.90 Å². The summed E-state index contributed by atoms with van der Waals surface area (Å²) in [5, 5.41) is 2.09. The van der Waals surface area contributed by atoms with Crippen LogP contribution in [0.5, 0.6) is 0 Å². The molecule has 0 amide bonds.